The Hall–Kier alpha value is -2.50. The summed E-state index contributed by atoms with van der Waals surface area (Å²) in [5, 5.41) is 2.75. The zero-order chi connectivity index (χ0) is 13.0. The zero-order valence-electron chi connectivity index (χ0n) is 9.93. The number of carbonyl (C=O) groups is 1. The van der Waals surface area contributed by atoms with Gasteiger partial charge in [-0.2, -0.15) is 0 Å². The van der Waals surface area contributed by atoms with Gasteiger partial charge in [0.15, 0.2) is 0 Å². The van der Waals surface area contributed by atoms with E-state index in [1.807, 2.05) is 0 Å². The second-order valence-corrected chi connectivity index (χ2v) is 3.68. The molecule has 0 spiro atoms. The van der Waals surface area contributed by atoms with Crippen molar-refractivity contribution in [2.24, 2.45) is 0 Å². The summed E-state index contributed by atoms with van der Waals surface area (Å²) in [7, 11) is 1.50. The Morgan fingerprint density at radius 3 is 3.06 bits per heavy atom. The van der Waals surface area contributed by atoms with Gasteiger partial charge in [0.1, 0.15) is 11.3 Å². The molecule has 0 atom stereocenters. The van der Waals surface area contributed by atoms with Crippen LogP contribution in [-0.2, 0) is 6.54 Å². The normalized spacial score (nSPS) is 10.1. The van der Waals surface area contributed by atoms with E-state index >= 15 is 0 Å². The number of benzene rings is 1. The molecule has 2 aromatic rings. The molecule has 0 aliphatic heterocycles. The van der Waals surface area contributed by atoms with Crippen molar-refractivity contribution >= 4 is 11.6 Å². The number of hydrogen-bond acceptors (Lipinski definition) is 4. The van der Waals surface area contributed by atoms with E-state index in [2.05, 4.69) is 15.3 Å². The van der Waals surface area contributed by atoms with E-state index in [0.29, 0.717) is 23.5 Å². The number of nitrogens with two attached hydrogens (primary N) is 1. The monoisotopic (exact) mass is 246 g/mol. The average Bonchev–Trinajstić information content (AvgIpc) is 2.88. The van der Waals surface area contributed by atoms with E-state index < -0.39 is 0 Å². The van der Waals surface area contributed by atoms with E-state index in [4.69, 9.17) is 10.5 Å². The molecule has 94 valence electrons. The molecule has 0 saturated heterocycles. The Kier molecular flexibility index (Phi) is 3.47. The van der Waals surface area contributed by atoms with Gasteiger partial charge in [0.05, 0.1) is 25.7 Å². The van der Waals surface area contributed by atoms with Gasteiger partial charge in [-0.1, -0.05) is 6.07 Å². The summed E-state index contributed by atoms with van der Waals surface area (Å²) in [5.41, 5.74) is 7.33. The van der Waals surface area contributed by atoms with Crippen LogP contribution in [0.4, 0.5) is 5.69 Å². The predicted octanol–water partition coefficient (Wildman–Crippen LogP) is 0.931. The minimum absolute atomic E-state index is 0.278. The third-order valence-corrected chi connectivity index (χ3v) is 2.50. The average molecular weight is 246 g/mol. The quantitative estimate of drug-likeness (QED) is 0.700. The molecule has 1 aromatic heterocycles. The van der Waals surface area contributed by atoms with Gasteiger partial charge in [-0.05, 0) is 12.1 Å². The number of anilines is 1. The van der Waals surface area contributed by atoms with Crippen LogP contribution in [0.15, 0.2) is 30.7 Å². The van der Waals surface area contributed by atoms with E-state index in [9.17, 15) is 4.79 Å². The number of aromatic nitrogens is 2. The molecule has 4 N–H and O–H groups in total. The molecule has 0 aliphatic carbocycles. The van der Waals surface area contributed by atoms with Crippen molar-refractivity contribution in [2.75, 3.05) is 12.8 Å². The molecule has 18 heavy (non-hydrogen) atoms. The summed E-state index contributed by atoms with van der Waals surface area (Å²) in [6.07, 6.45) is 3.20. The summed E-state index contributed by atoms with van der Waals surface area (Å²) < 4.78 is 5.12. The second kappa shape index (κ2) is 5.22. The van der Waals surface area contributed by atoms with Crippen molar-refractivity contribution in [3.63, 3.8) is 0 Å². The molecule has 1 amide bonds. The van der Waals surface area contributed by atoms with E-state index in [1.54, 1.807) is 30.7 Å². The summed E-state index contributed by atoms with van der Waals surface area (Å²) in [4.78, 5) is 18.8. The van der Waals surface area contributed by atoms with E-state index in [0.717, 1.165) is 5.69 Å². The van der Waals surface area contributed by atoms with Crippen LogP contribution in [0.3, 0.4) is 0 Å². The number of nitrogen functional groups attached to an aromatic ring is 1. The third kappa shape index (κ3) is 2.42. The lowest BCUT2D eigenvalue weighted by molar-refractivity contribution is 0.0948. The molecule has 1 aromatic carbocycles. The maximum atomic E-state index is 12.0. The van der Waals surface area contributed by atoms with Crippen molar-refractivity contribution in [3.8, 4) is 5.75 Å². The number of carbonyl (C=O) groups excluding carboxylic acids is 1. The summed E-state index contributed by atoms with van der Waals surface area (Å²) >= 11 is 0. The number of hydrogen-bond donors (Lipinski definition) is 3. The Morgan fingerprint density at radius 1 is 1.56 bits per heavy atom. The van der Waals surface area contributed by atoms with Gasteiger partial charge < -0.3 is 20.8 Å². The number of amides is 1. The number of imidazole rings is 1. The Balaban J connectivity index is 2.13. The number of methoxy groups -OCH3 is 1. The molecule has 6 nitrogen and oxygen atoms in total. The Morgan fingerprint density at radius 2 is 2.39 bits per heavy atom. The number of nitrogens with one attached hydrogen (secondary N) is 2. The molecular weight excluding hydrogens is 232 g/mol. The van der Waals surface area contributed by atoms with Gasteiger partial charge in [-0.25, -0.2) is 4.98 Å². The first-order valence-corrected chi connectivity index (χ1v) is 5.40. The van der Waals surface area contributed by atoms with Crippen LogP contribution in [0, 0.1) is 0 Å². The van der Waals surface area contributed by atoms with Gasteiger partial charge in [-0.3, -0.25) is 4.79 Å². The molecule has 0 fully saturated rings. The fourth-order valence-corrected chi connectivity index (χ4v) is 1.61. The molecule has 0 unspecified atom stereocenters. The van der Waals surface area contributed by atoms with Crippen molar-refractivity contribution < 1.29 is 9.53 Å². The van der Waals surface area contributed by atoms with Gasteiger partial charge in [0.2, 0.25) is 0 Å². The van der Waals surface area contributed by atoms with E-state index in [1.165, 1.54) is 7.11 Å². The molecule has 2 rings (SSSR count). The first kappa shape index (κ1) is 12.0. The topological polar surface area (TPSA) is 93.0 Å². The van der Waals surface area contributed by atoms with Crippen LogP contribution in [0.1, 0.15) is 16.1 Å². The highest BCUT2D eigenvalue weighted by atomic mass is 16.5. The van der Waals surface area contributed by atoms with Crippen molar-refractivity contribution in [1.82, 2.24) is 15.3 Å². The minimum Gasteiger partial charge on any atom is -0.496 e. The molecule has 0 bridgehead atoms. The lowest BCUT2D eigenvalue weighted by Crippen LogP contribution is -2.24. The molecule has 0 saturated carbocycles. The third-order valence-electron chi connectivity index (χ3n) is 2.50. The lowest BCUT2D eigenvalue weighted by Gasteiger charge is -2.10. The number of nitrogens with zero attached hydrogens (tertiary/aromatic N) is 1. The van der Waals surface area contributed by atoms with Crippen LogP contribution in [0.2, 0.25) is 0 Å². The zero-order valence-corrected chi connectivity index (χ0v) is 9.93. The Labute approximate surface area is 104 Å². The number of ether oxygens (including phenoxy) is 1. The van der Waals surface area contributed by atoms with Crippen LogP contribution >= 0.6 is 0 Å². The standard InChI is InChI=1S/C12H14N4O2/c1-18-10-4-2-3-9(13)11(10)12(17)15-6-8-5-14-7-16-8/h2-5,7H,6,13H2,1H3,(H,14,16)(H,15,17). The van der Waals surface area contributed by atoms with Crippen molar-refractivity contribution in [1.29, 1.82) is 0 Å². The van der Waals surface area contributed by atoms with Gasteiger partial charge in [0, 0.05) is 11.9 Å². The fraction of sp³-hybridized carbons (Fsp3) is 0.167. The minimum atomic E-state index is -0.278. The predicted molar refractivity (Wildman–Crippen MR) is 67.2 cm³/mol. The largest absolute Gasteiger partial charge is 0.496 e. The highest BCUT2D eigenvalue weighted by molar-refractivity contribution is 6.01. The first-order chi connectivity index (χ1) is 8.72. The Bertz CT molecular complexity index is 537. The van der Waals surface area contributed by atoms with Crippen LogP contribution in [0.25, 0.3) is 0 Å². The molecular formula is C12H14N4O2. The molecule has 6 heteroatoms. The molecule has 1 heterocycles. The van der Waals surface area contributed by atoms with Crippen LogP contribution < -0.4 is 15.8 Å². The van der Waals surface area contributed by atoms with E-state index in [-0.39, 0.29) is 5.91 Å². The SMILES string of the molecule is COc1cccc(N)c1C(=O)NCc1cnc[nH]1. The number of H-pyrrole nitrogens is 1. The highest BCUT2D eigenvalue weighted by Crippen LogP contribution is 2.23. The van der Waals surface area contributed by atoms with Crippen molar-refractivity contribution in [2.45, 2.75) is 6.54 Å². The summed E-state index contributed by atoms with van der Waals surface area (Å²) in [6, 6.07) is 5.09. The smallest absolute Gasteiger partial charge is 0.257 e. The fourth-order valence-electron chi connectivity index (χ4n) is 1.61. The van der Waals surface area contributed by atoms with Crippen LogP contribution in [0.5, 0.6) is 5.75 Å². The number of aromatic amines is 1. The van der Waals surface area contributed by atoms with Crippen LogP contribution in [-0.4, -0.2) is 23.0 Å². The van der Waals surface area contributed by atoms with Gasteiger partial charge in [0.25, 0.3) is 5.91 Å². The molecule has 0 radical (unpaired) electrons. The highest BCUT2D eigenvalue weighted by Gasteiger charge is 2.15. The summed E-state index contributed by atoms with van der Waals surface area (Å²) in [6.45, 7) is 0.357. The van der Waals surface area contributed by atoms with Gasteiger partial charge in [-0.15, -0.1) is 0 Å². The van der Waals surface area contributed by atoms with Crippen molar-refractivity contribution in [3.05, 3.63) is 42.0 Å². The molecule has 0 aliphatic rings. The summed E-state index contributed by atoms with van der Waals surface area (Å²) in [5.74, 6) is 0.177. The number of rotatable bonds is 4. The maximum absolute atomic E-state index is 12.0. The first-order valence-electron chi connectivity index (χ1n) is 5.40. The van der Waals surface area contributed by atoms with Gasteiger partial charge >= 0.3 is 0 Å². The lowest BCUT2D eigenvalue weighted by atomic mass is 10.1. The second-order valence-electron chi connectivity index (χ2n) is 3.68. The maximum Gasteiger partial charge on any atom is 0.257 e.